The fourth-order valence-corrected chi connectivity index (χ4v) is 1.88. The van der Waals surface area contributed by atoms with E-state index in [-0.39, 0.29) is 0 Å². The zero-order valence-electron chi connectivity index (χ0n) is 10.9. The summed E-state index contributed by atoms with van der Waals surface area (Å²) in [6, 6.07) is 1.97. The van der Waals surface area contributed by atoms with E-state index in [1.54, 1.807) is 0 Å². The number of hydrogen-bond acceptors (Lipinski definition) is 5. The summed E-state index contributed by atoms with van der Waals surface area (Å²) in [4.78, 5) is 8.88. The van der Waals surface area contributed by atoms with Crippen LogP contribution in [0, 0.1) is 0 Å². The number of aryl methyl sites for hydroxylation is 1. The molecule has 17 heavy (non-hydrogen) atoms. The summed E-state index contributed by atoms with van der Waals surface area (Å²) in [6.45, 7) is 5.99. The lowest BCUT2D eigenvalue weighted by atomic mass is 10.4. The molecule has 0 fully saturated rings. The van der Waals surface area contributed by atoms with Crippen molar-refractivity contribution in [1.29, 1.82) is 0 Å². The molecular formula is C12H22N4S. The van der Waals surface area contributed by atoms with Gasteiger partial charge in [-0.05, 0) is 25.4 Å². The number of rotatable bonds is 8. The second-order valence-electron chi connectivity index (χ2n) is 3.71. The SMILES string of the molecule is CCNc1cc(NCCCSC)nc(CC)n1. The van der Waals surface area contributed by atoms with Gasteiger partial charge in [0.05, 0.1) is 0 Å². The van der Waals surface area contributed by atoms with E-state index >= 15 is 0 Å². The Balaban J connectivity index is 2.59. The van der Waals surface area contributed by atoms with Crippen LogP contribution in [-0.4, -0.2) is 35.1 Å². The van der Waals surface area contributed by atoms with Crippen LogP contribution < -0.4 is 10.6 Å². The zero-order chi connectivity index (χ0) is 12.5. The first-order chi connectivity index (χ1) is 8.30. The Hall–Kier alpha value is -0.970. The van der Waals surface area contributed by atoms with Crippen molar-refractivity contribution < 1.29 is 0 Å². The molecule has 0 aliphatic carbocycles. The van der Waals surface area contributed by atoms with Gasteiger partial charge in [-0.2, -0.15) is 11.8 Å². The third-order valence-corrected chi connectivity index (χ3v) is 2.97. The van der Waals surface area contributed by atoms with Gasteiger partial charge in [-0.25, -0.2) is 9.97 Å². The summed E-state index contributed by atoms with van der Waals surface area (Å²) in [5.74, 6) is 3.90. The molecule has 4 nitrogen and oxygen atoms in total. The van der Waals surface area contributed by atoms with E-state index in [2.05, 4.69) is 40.7 Å². The number of thioether (sulfide) groups is 1. The fraction of sp³-hybridized carbons (Fsp3) is 0.667. The molecule has 0 aromatic carbocycles. The van der Waals surface area contributed by atoms with Crippen molar-refractivity contribution in [2.45, 2.75) is 26.7 Å². The summed E-state index contributed by atoms with van der Waals surface area (Å²) >= 11 is 1.87. The maximum absolute atomic E-state index is 4.46. The highest BCUT2D eigenvalue weighted by Gasteiger charge is 2.02. The normalized spacial score (nSPS) is 10.3. The van der Waals surface area contributed by atoms with E-state index < -0.39 is 0 Å². The van der Waals surface area contributed by atoms with Crippen molar-refractivity contribution in [3.8, 4) is 0 Å². The van der Waals surface area contributed by atoms with Gasteiger partial charge in [0.2, 0.25) is 0 Å². The lowest BCUT2D eigenvalue weighted by Gasteiger charge is -2.09. The third kappa shape index (κ3) is 5.26. The van der Waals surface area contributed by atoms with Gasteiger partial charge in [0, 0.05) is 25.6 Å². The number of aromatic nitrogens is 2. The lowest BCUT2D eigenvalue weighted by molar-refractivity contribution is 0.918. The first-order valence-electron chi connectivity index (χ1n) is 6.14. The van der Waals surface area contributed by atoms with Crippen molar-refractivity contribution in [2.75, 3.05) is 35.7 Å². The molecule has 0 bridgehead atoms. The van der Waals surface area contributed by atoms with Crippen LogP contribution in [-0.2, 0) is 6.42 Å². The predicted molar refractivity (Wildman–Crippen MR) is 77.1 cm³/mol. The number of anilines is 2. The maximum Gasteiger partial charge on any atom is 0.132 e. The molecule has 2 N–H and O–H groups in total. The number of nitrogens with one attached hydrogen (secondary N) is 2. The molecule has 96 valence electrons. The molecule has 0 atom stereocenters. The first-order valence-corrected chi connectivity index (χ1v) is 7.54. The summed E-state index contributed by atoms with van der Waals surface area (Å²) in [5, 5.41) is 6.58. The van der Waals surface area contributed by atoms with Gasteiger partial charge in [-0.1, -0.05) is 6.92 Å². The van der Waals surface area contributed by atoms with Crippen molar-refractivity contribution >= 4 is 23.4 Å². The zero-order valence-corrected chi connectivity index (χ0v) is 11.7. The molecule has 0 amide bonds. The molecule has 0 aliphatic rings. The first kappa shape index (κ1) is 14.1. The van der Waals surface area contributed by atoms with E-state index in [0.717, 1.165) is 43.4 Å². The Morgan fingerprint density at radius 2 is 1.88 bits per heavy atom. The highest BCUT2D eigenvalue weighted by molar-refractivity contribution is 7.98. The summed E-state index contributed by atoms with van der Waals surface area (Å²) in [6.07, 6.45) is 4.14. The smallest absolute Gasteiger partial charge is 0.132 e. The molecule has 0 aliphatic heterocycles. The van der Waals surface area contributed by atoms with Gasteiger partial charge in [0.15, 0.2) is 0 Å². The molecule has 5 heteroatoms. The Kier molecular flexibility index (Phi) is 6.77. The van der Waals surface area contributed by atoms with E-state index in [0.29, 0.717) is 0 Å². The number of hydrogen-bond donors (Lipinski definition) is 2. The minimum absolute atomic E-state index is 0.860. The largest absolute Gasteiger partial charge is 0.370 e. The van der Waals surface area contributed by atoms with Crippen LogP contribution in [0.25, 0.3) is 0 Å². The predicted octanol–water partition coefficient (Wildman–Crippen LogP) is 2.64. The van der Waals surface area contributed by atoms with Crippen LogP contribution >= 0.6 is 11.8 Å². The van der Waals surface area contributed by atoms with E-state index in [9.17, 15) is 0 Å². The van der Waals surface area contributed by atoms with Gasteiger partial charge < -0.3 is 10.6 Å². The van der Waals surface area contributed by atoms with Crippen LogP contribution in [0.5, 0.6) is 0 Å². The molecular weight excluding hydrogens is 232 g/mol. The fourth-order valence-electron chi connectivity index (χ4n) is 1.45. The van der Waals surface area contributed by atoms with Gasteiger partial charge >= 0.3 is 0 Å². The molecule has 0 spiro atoms. The van der Waals surface area contributed by atoms with Crippen LogP contribution in [0.1, 0.15) is 26.1 Å². The molecule has 0 saturated carbocycles. The molecule has 1 rings (SSSR count). The molecule has 1 aromatic heterocycles. The van der Waals surface area contributed by atoms with Gasteiger partial charge in [0.25, 0.3) is 0 Å². The average Bonchev–Trinajstić information content (AvgIpc) is 2.35. The summed E-state index contributed by atoms with van der Waals surface area (Å²) in [7, 11) is 0. The van der Waals surface area contributed by atoms with Crippen LogP contribution in [0.4, 0.5) is 11.6 Å². The molecule has 1 aromatic rings. The van der Waals surface area contributed by atoms with E-state index in [4.69, 9.17) is 0 Å². The van der Waals surface area contributed by atoms with Crippen molar-refractivity contribution in [3.63, 3.8) is 0 Å². The van der Waals surface area contributed by atoms with Gasteiger partial charge in [-0.15, -0.1) is 0 Å². The third-order valence-electron chi connectivity index (χ3n) is 2.28. The Morgan fingerprint density at radius 3 is 2.47 bits per heavy atom. The number of nitrogens with zero attached hydrogens (tertiary/aromatic N) is 2. The summed E-state index contributed by atoms with van der Waals surface area (Å²) < 4.78 is 0. The summed E-state index contributed by atoms with van der Waals surface area (Å²) in [5.41, 5.74) is 0. The van der Waals surface area contributed by atoms with E-state index in [1.165, 1.54) is 5.75 Å². The Bertz CT molecular complexity index is 330. The molecule has 0 unspecified atom stereocenters. The standard InChI is InChI=1S/C12H22N4S/c1-4-10-15-11(13-5-2)9-12(16-10)14-7-6-8-17-3/h9H,4-8H2,1-3H3,(H2,13,14,15,16). The van der Waals surface area contributed by atoms with Crippen molar-refractivity contribution in [3.05, 3.63) is 11.9 Å². The topological polar surface area (TPSA) is 49.8 Å². The maximum atomic E-state index is 4.46. The highest BCUT2D eigenvalue weighted by Crippen LogP contribution is 2.11. The second kappa shape index (κ2) is 8.17. The van der Waals surface area contributed by atoms with Crippen LogP contribution in [0.2, 0.25) is 0 Å². The van der Waals surface area contributed by atoms with Gasteiger partial charge in [-0.3, -0.25) is 0 Å². The average molecular weight is 254 g/mol. The van der Waals surface area contributed by atoms with Crippen LogP contribution in [0.3, 0.4) is 0 Å². The molecule has 0 radical (unpaired) electrons. The highest BCUT2D eigenvalue weighted by atomic mass is 32.2. The monoisotopic (exact) mass is 254 g/mol. The van der Waals surface area contributed by atoms with Crippen molar-refractivity contribution in [2.24, 2.45) is 0 Å². The van der Waals surface area contributed by atoms with E-state index in [1.807, 2.05) is 17.8 Å². The second-order valence-corrected chi connectivity index (χ2v) is 4.70. The van der Waals surface area contributed by atoms with Gasteiger partial charge in [0.1, 0.15) is 17.5 Å². The minimum Gasteiger partial charge on any atom is -0.370 e. The Morgan fingerprint density at radius 1 is 1.18 bits per heavy atom. The van der Waals surface area contributed by atoms with Crippen molar-refractivity contribution in [1.82, 2.24) is 9.97 Å². The van der Waals surface area contributed by atoms with Crippen LogP contribution in [0.15, 0.2) is 6.07 Å². The lowest BCUT2D eigenvalue weighted by Crippen LogP contribution is -2.09. The minimum atomic E-state index is 0.860. The molecule has 1 heterocycles. The Labute approximate surface area is 108 Å². The molecule has 0 saturated heterocycles. The quantitative estimate of drug-likeness (QED) is 0.698.